The zero-order valence-electron chi connectivity index (χ0n) is 12.2. The molecule has 2 heterocycles. The van der Waals surface area contributed by atoms with Crippen molar-refractivity contribution in [3.63, 3.8) is 0 Å². The van der Waals surface area contributed by atoms with Gasteiger partial charge in [-0.25, -0.2) is 0 Å². The fourth-order valence-electron chi connectivity index (χ4n) is 2.20. The van der Waals surface area contributed by atoms with E-state index in [0.29, 0.717) is 23.9 Å². The summed E-state index contributed by atoms with van der Waals surface area (Å²) in [5.41, 5.74) is 0. The molecule has 19 heavy (non-hydrogen) atoms. The van der Waals surface area contributed by atoms with E-state index in [4.69, 9.17) is 4.74 Å². The first-order chi connectivity index (χ1) is 9.02. The Bertz CT molecular complexity index is 438. The number of anilines is 3. The number of ether oxygens (including phenoxy) is 1. The second-order valence-electron chi connectivity index (χ2n) is 4.95. The van der Waals surface area contributed by atoms with E-state index < -0.39 is 0 Å². The van der Waals surface area contributed by atoms with E-state index >= 15 is 0 Å². The summed E-state index contributed by atoms with van der Waals surface area (Å²) < 4.78 is 5.60. The molecule has 1 aliphatic rings. The molecule has 0 aromatic carbocycles. The highest BCUT2D eigenvalue weighted by Crippen LogP contribution is 2.23. The van der Waals surface area contributed by atoms with Crippen LogP contribution in [0.15, 0.2) is 0 Å². The van der Waals surface area contributed by atoms with Crippen molar-refractivity contribution in [2.75, 3.05) is 49.9 Å². The molecule has 2 atom stereocenters. The lowest BCUT2D eigenvalue weighted by Crippen LogP contribution is -2.38. The summed E-state index contributed by atoms with van der Waals surface area (Å²) >= 11 is 0. The molecule has 7 heteroatoms. The Morgan fingerprint density at radius 1 is 1.16 bits per heavy atom. The Morgan fingerprint density at radius 3 is 2.37 bits per heavy atom. The van der Waals surface area contributed by atoms with Crippen LogP contribution in [0.2, 0.25) is 0 Å². The average molecular weight is 266 g/mol. The van der Waals surface area contributed by atoms with Gasteiger partial charge in [0.05, 0.1) is 12.1 Å². The van der Waals surface area contributed by atoms with E-state index in [0.717, 1.165) is 13.0 Å². The first-order valence-electron chi connectivity index (χ1n) is 6.48. The van der Waals surface area contributed by atoms with Crippen molar-refractivity contribution in [1.82, 2.24) is 15.0 Å². The van der Waals surface area contributed by atoms with Crippen LogP contribution in [0.3, 0.4) is 0 Å². The lowest BCUT2D eigenvalue weighted by Gasteiger charge is -2.27. The van der Waals surface area contributed by atoms with Gasteiger partial charge in [0, 0.05) is 34.8 Å². The fraction of sp³-hybridized carbons (Fsp3) is 0.750. The second kappa shape index (κ2) is 5.56. The van der Waals surface area contributed by atoms with E-state index in [2.05, 4.69) is 32.1 Å². The molecule has 1 aromatic rings. The van der Waals surface area contributed by atoms with Gasteiger partial charge in [0.2, 0.25) is 17.8 Å². The van der Waals surface area contributed by atoms with Gasteiger partial charge in [0.15, 0.2) is 0 Å². The zero-order valence-corrected chi connectivity index (χ0v) is 12.2. The minimum atomic E-state index is 0.197. The van der Waals surface area contributed by atoms with Crippen LogP contribution < -0.4 is 15.1 Å². The van der Waals surface area contributed by atoms with Crippen molar-refractivity contribution in [2.45, 2.75) is 25.5 Å². The topological polar surface area (TPSA) is 66.4 Å². The van der Waals surface area contributed by atoms with Gasteiger partial charge in [0.25, 0.3) is 0 Å². The predicted octanol–water partition coefficient (Wildman–Crippen LogP) is 0.593. The van der Waals surface area contributed by atoms with Crippen LogP contribution in [0, 0.1) is 0 Å². The van der Waals surface area contributed by atoms with Crippen LogP contribution >= 0.6 is 0 Å². The molecule has 2 rings (SSSR count). The molecule has 106 valence electrons. The smallest absolute Gasteiger partial charge is 0.232 e. The minimum Gasteiger partial charge on any atom is -0.376 e. The van der Waals surface area contributed by atoms with Crippen molar-refractivity contribution in [3.8, 4) is 0 Å². The molecule has 1 saturated heterocycles. The quantitative estimate of drug-likeness (QED) is 0.855. The zero-order chi connectivity index (χ0) is 14.0. The molecule has 0 radical (unpaired) electrons. The molecule has 0 spiro atoms. The van der Waals surface area contributed by atoms with Crippen LogP contribution in [0.5, 0.6) is 0 Å². The van der Waals surface area contributed by atoms with Gasteiger partial charge < -0.3 is 19.9 Å². The monoisotopic (exact) mass is 266 g/mol. The summed E-state index contributed by atoms with van der Waals surface area (Å²) in [6.07, 6.45) is 1.19. The standard InChI is InChI=1S/C12H22N6O/c1-8-9(6-7-19-8)18(5)12-15-10(13-2)14-11(16-12)17(3)4/h8-9H,6-7H2,1-5H3,(H,13,14,15,16). The van der Waals surface area contributed by atoms with Crippen molar-refractivity contribution in [1.29, 1.82) is 0 Å². The average Bonchev–Trinajstić information content (AvgIpc) is 2.83. The van der Waals surface area contributed by atoms with E-state index in [1.807, 2.05) is 26.0 Å². The van der Waals surface area contributed by atoms with E-state index in [9.17, 15) is 0 Å². The van der Waals surface area contributed by atoms with Gasteiger partial charge >= 0.3 is 0 Å². The lowest BCUT2D eigenvalue weighted by molar-refractivity contribution is 0.118. The van der Waals surface area contributed by atoms with Gasteiger partial charge in [-0.1, -0.05) is 0 Å². The van der Waals surface area contributed by atoms with Crippen molar-refractivity contribution in [2.24, 2.45) is 0 Å². The van der Waals surface area contributed by atoms with Gasteiger partial charge in [-0.05, 0) is 13.3 Å². The molecular formula is C12H22N6O. The number of nitrogens with one attached hydrogen (secondary N) is 1. The Labute approximate surface area is 114 Å². The summed E-state index contributed by atoms with van der Waals surface area (Å²) in [5.74, 6) is 1.89. The Hall–Kier alpha value is -1.63. The normalized spacial score (nSPS) is 22.4. The minimum absolute atomic E-state index is 0.197. The highest BCUT2D eigenvalue weighted by Gasteiger charge is 2.29. The number of nitrogens with zero attached hydrogens (tertiary/aromatic N) is 5. The summed E-state index contributed by atoms with van der Waals surface area (Å²) in [7, 11) is 7.64. The molecular weight excluding hydrogens is 244 g/mol. The number of hydrogen-bond acceptors (Lipinski definition) is 7. The predicted molar refractivity (Wildman–Crippen MR) is 75.9 cm³/mol. The van der Waals surface area contributed by atoms with E-state index in [1.165, 1.54) is 0 Å². The molecule has 0 bridgehead atoms. The maximum Gasteiger partial charge on any atom is 0.232 e. The summed E-state index contributed by atoms with van der Waals surface area (Å²) in [6.45, 7) is 2.88. The van der Waals surface area contributed by atoms with Crippen LogP contribution in [0.1, 0.15) is 13.3 Å². The van der Waals surface area contributed by atoms with Gasteiger partial charge in [-0.15, -0.1) is 0 Å². The summed E-state index contributed by atoms with van der Waals surface area (Å²) in [5, 5.41) is 2.97. The van der Waals surface area contributed by atoms with Gasteiger partial charge in [-0.3, -0.25) is 0 Å². The molecule has 1 aliphatic heterocycles. The van der Waals surface area contributed by atoms with Crippen molar-refractivity contribution >= 4 is 17.8 Å². The molecule has 0 amide bonds. The third kappa shape index (κ3) is 2.86. The van der Waals surface area contributed by atoms with E-state index in [-0.39, 0.29) is 6.10 Å². The van der Waals surface area contributed by atoms with Crippen LogP contribution in [0.25, 0.3) is 0 Å². The SMILES string of the molecule is CNc1nc(N(C)C)nc(N(C)C2CCOC2C)n1. The molecule has 1 N–H and O–H groups in total. The molecule has 1 fully saturated rings. The van der Waals surface area contributed by atoms with Gasteiger partial charge in [0.1, 0.15) is 0 Å². The highest BCUT2D eigenvalue weighted by atomic mass is 16.5. The molecule has 2 unspecified atom stereocenters. The van der Waals surface area contributed by atoms with Crippen molar-refractivity contribution < 1.29 is 4.74 Å². The summed E-state index contributed by atoms with van der Waals surface area (Å²) in [6, 6.07) is 0.308. The highest BCUT2D eigenvalue weighted by molar-refractivity contribution is 5.44. The van der Waals surface area contributed by atoms with Crippen molar-refractivity contribution in [3.05, 3.63) is 0 Å². The largest absolute Gasteiger partial charge is 0.376 e. The lowest BCUT2D eigenvalue weighted by atomic mass is 10.1. The van der Waals surface area contributed by atoms with Crippen LogP contribution in [-0.2, 0) is 4.74 Å². The Kier molecular flexibility index (Phi) is 4.04. The molecule has 0 saturated carbocycles. The third-order valence-corrected chi connectivity index (χ3v) is 3.38. The molecule has 0 aliphatic carbocycles. The summed E-state index contributed by atoms with van der Waals surface area (Å²) in [4.78, 5) is 17.2. The Morgan fingerprint density at radius 2 is 1.84 bits per heavy atom. The fourth-order valence-corrected chi connectivity index (χ4v) is 2.20. The van der Waals surface area contributed by atoms with Crippen LogP contribution in [0.4, 0.5) is 17.8 Å². The number of likely N-dealkylation sites (N-methyl/N-ethyl adjacent to an activating group) is 1. The first-order valence-corrected chi connectivity index (χ1v) is 6.48. The van der Waals surface area contributed by atoms with Gasteiger partial charge in [-0.2, -0.15) is 15.0 Å². The third-order valence-electron chi connectivity index (χ3n) is 3.38. The second-order valence-corrected chi connectivity index (χ2v) is 4.95. The first kappa shape index (κ1) is 13.8. The molecule has 1 aromatic heterocycles. The molecule has 7 nitrogen and oxygen atoms in total. The number of rotatable bonds is 4. The number of hydrogen-bond donors (Lipinski definition) is 1. The Balaban J connectivity index is 2.29. The number of aromatic nitrogens is 3. The maximum absolute atomic E-state index is 5.60. The van der Waals surface area contributed by atoms with Crippen LogP contribution in [-0.4, -0.2) is 61.9 Å². The maximum atomic E-state index is 5.60. The van der Waals surface area contributed by atoms with E-state index in [1.54, 1.807) is 7.05 Å².